The summed E-state index contributed by atoms with van der Waals surface area (Å²) in [6.45, 7) is 1.32. The second-order valence-corrected chi connectivity index (χ2v) is 7.65. The van der Waals surface area contributed by atoms with Crippen molar-refractivity contribution in [3.05, 3.63) is 54.1 Å². The maximum absolute atomic E-state index is 12.4. The van der Waals surface area contributed by atoms with E-state index in [1.165, 1.54) is 23.4 Å². The topological polar surface area (TPSA) is 75.4 Å². The van der Waals surface area contributed by atoms with Gasteiger partial charge in [0.2, 0.25) is 10.0 Å². The number of rotatable bonds is 4. The highest BCUT2D eigenvalue weighted by Crippen LogP contribution is 2.34. The number of anilines is 2. The predicted molar refractivity (Wildman–Crippen MR) is 93.1 cm³/mol. The minimum atomic E-state index is -3.51. The molecule has 3 rings (SSSR count). The van der Waals surface area contributed by atoms with Gasteiger partial charge in [-0.3, -0.25) is 0 Å². The number of para-hydroxylation sites is 1. The molecule has 122 valence electrons. The normalized spacial score (nSPS) is 17.8. The largest absolute Gasteiger partial charge is 0.399 e. The summed E-state index contributed by atoms with van der Waals surface area (Å²) >= 11 is 0. The molecule has 1 aliphatic rings. The van der Waals surface area contributed by atoms with Crippen molar-refractivity contribution in [2.24, 2.45) is 0 Å². The van der Waals surface area contributed by atoms with Crippen LogP contribution in [0.1, 0.15) is 17.9 Å². The number of hydrogen-bond acceptors (Lipinski definition) is 4. The fourth-order valence-electron chi connectivity index (χ4n) is 2.96. The van der Waals surface area contributed by atoms with Crippen molar-refractivity contribution in [1.82, 2.24) is 4.72 Å². The first kappa shape index (κ1) is 15.8. The monoisotopic (exact) mass is 331 g/mol. The summed E-state index contributed by atoms with van der Waals surface area (Å²) in [5.74, 6) is 0.186. The van der Waals surface area contributed by atoms with Crippen molar-refractivity contribution in [2.45, 2.75) is 17.2 Å². The van der Waals surface area contributed by atoms with Crippen LogP contribution >= 0.6 is 0 Å². The summed E-state index contributed by atoms with van der Waals surface area (Å²) in [4.78, 5) is 2.45. The lowest BCUT2D eigenvalue weighted by atomic mass is 9.90. The zero-order valence-corrected chi connectivity index (χ0v) is 13.9. The Hall–Kier alpha value is -2.05. The van der Waals surface area contributed by atoms with E-state index in [1.807, 2.05) is 12.1 Å². The van der Waals surface area contributed by atoms with Crippen molar-refractivity contribution in [3.8, 4) is 0 Å². The fraction of sp³-hybridized carbons (Fsp3) is 0.294. The van der Waals surface area contributed by atoms with Crippen molar-refractivity contribution in [3.63, 3.8) is 0 Å². The third-order valence-corrected chi connectivity index (χ3v) is 5.75. The Balaban J connectivity index is 1.76. The van der Waals surface area contributed by atoms with E-state index in [0.717, 1.165) is 13.0 Å². The molecule has 0 radical (unpaired) electrons. The summed E-state index contributed by atoms with van der Waals surface area (Å²) in [5, 5.41) is 0. The first-order valence-corrected chi connectivity index (χ1v) is 9.11. The van der Waals surface area contributed by atoms with E-state index in [4.69, 9.17) is 5.73 Å². The first-order chi connectivity index (χ1) is 11.0. The highest BCUT2D eigenvalue weighted by atomic mass is 32.2. The molecule has 1 heterocycles. The lowest BCUT2D eigenvalue weighted by Gasteiger charge is -2.33. The third kappa shape index (κ3) is 3.33. The molecule has 3 N–H and O–H groups in total. The lowest BCUT2D eigenvalue weighted by Crippen LogP contribution is -2.34. The molecule has 0 fully saturated rings. The molecular formula is C17H21N3O2S. The van der Waals surface area contributed by atoms with Gasteiger partial charge in [-0.2, -0.15) is 0 Å². The molecule has 0 aliphatic carbocycles. The smallest absolute Gasteiger partial charge is 0.240 e. The summed E-state index contributed by atoms with van der Waals surface area (Å²) in [5.41, 5.74) is 8.53. The molecule has 1 unspecified atom stereocenters. The van der Waals surface area contributed by atoms with Crippen LogP contribution in [0.3, 0.4) is 0 Å². The number of hydrogen-bond donors (Lipinski definition) is 2. The molecule has 2 aromatic rings. The van der Waals surface area contributed by atoms with E-state index in [1.54, 1.807) is 12.1 Å². The molecule has 0 aromatic heterocycles. The number of nitrogens with zero attached hydrogens (tertiary/aromatic N) is 1. The van der Waals surface area contributed by atoms with Gasteiger partial charge >= 0.3 is 0 Å². The van der Waals surface area contributed by atoms with E-state index < -0.39 is 10.0 Å². The Kier molecular flexibility index (Phi) is 4.28. The molecule has 1 atom stereocenters. The third-order valence-electron chi connectivity index (χ3n) is 4.31. The Labute approximate surface area is 137 Å². The van der Waals surface area contributed by atoms with Gasteiger partial charge in [-0.25, -0.2) is 13.1 Å². The quantitative estimate of drug-likeness (QED) is 0.842. The molecule has 1 aliphatic heterocycles. The zero-order chi connectivity index (χ0) is 16.4. The molecule has 0 spiro atoms. The van der Waals surface area contributed by atoms with Crippen molar-refractivity contribution < 1.29 is 8.42 Å². The number of nitrogens with two attached hydrogens (primary N) is 1. The average Bonchev–Trinajstić information content (AvgIpc) is 2.55. The highest BCUT2D eigenvalue weighted by Gasteiger charge is 2.24. The molecule has 5 nitrogen and oxygen atoms in total. The van der Waals surface area contributed by atoms with Crippen LogP contribution in [0.2, 0.25) is 0 Å². The maximum Gasteiger partial charge on any atom is 0.240 e. The van der Waals surface area contributed by atoms with E-state index in [0.29, 0.717) is 12.2 Å². The van der Waals surface area contributed by atoms with Gasteiger partial charge < -0.3 is 10.6 Å². The van der Waals surface area contributed by atoms with E-state index in [9.17, 15) is 8.42 Å². The highest BCUT2D eigenvalue weighted by molar-refractivity contribution is 7.89. The number of nitrogen functional groups attached to an aromatic ring is 1. The molecule has 0 saturated heterocycles. The van der Waals surface area contributed by atoms with Gasteiger partial charge in [0.05, 0.1) is 4.90 Å². The Bertz CT molecular complexity index is 788. The lowest BCUT2D eigenvalue weighted by molar-refractivity contribution is 0.550. The minimum Gasteiger partial charge on any atom is -0.399 e. The summed E-state index contributed by atoms with van der Waals surface area (Å²) in [7, 11) is -1.45. The standard InChI is InChI=1S/C17H21N3O2S/c1-20-11-10-13(16-4-2-3-5-17(16)20)12-19-23(21,22)15-8-6-14(18)7-9-15/h2-9,13,19H,10-12,18H2,1H3. The molecule has 2 aromatic carbocycles. The van der Waals surface area contributed by atoms with Crippen LogP contribution in [-0.4, -0.2) is 28.6 Å². The number of fused-ring (bicyclic) bond motifs is 1. The van der Waals surface area contributed by atoms with Gasteiger partial charge in [-0.1, -0.05) is 18.2 Å². The van der Waals surface area contributed by atoms with Crippen LogP contribution in [-0.2, 0) is 10.0 Å². The van der Waals surface area contributed by atoms with Gasteiger partial charge in [-0.05, 0) is 42.3 Å². The Morgan fingerprint density at radius 3 is 2.61 bits per heavy atom. The van der Waals surface area contributed by atoms with E-state index in [-0.39, 0.29) is 10.8 Å². The molecule has 0 amide bonds. The SMILES string of the molecule is CN1CCC(CNS(=O)(=O)c2ccc(N)cc2)c2ccccc21. The average molecular weight is 331 g/mol. The van der Waals surface area contributed by atoms with Crippen LogP contribution in [0.4, 0.5) is 11.4 Å². The van der Waals surface area contributed by atoms with Gasteiger partial charge in [0.1, 0.15) is 0 Å². The number of nitrogens with one attached hydrogen (secondary N) is 1. The molecular weight excluding hydrogens is 310 g/mol. The van der Waals surface area contributed by atoms with E-state index >= 15 is 0 Å². The van der Waals surface area contributed by atoms with Crippen LogP contribution in [0.5, 0.6) is 0 Å². The Morgan fingerprint density at radius 1 is 1.17 bits per heavy atom. The summed E-state index contributed by atoms with van der Waals surface area (Å²) in [6.07, 6.45) is 0.928. The Morgan fingerprint density at radius 2 is 1.87 bits per heavy atom. The maximum atomic E-state index is 12.4. The molecule has 6 heteroatoms. The van der Waals surface area contributed by atoms with Gasteiger partial charge in [0, 0.05) is 37.4 Å². The van der Waals surface area contributed by atoms with Gasteiger partial charge in [0.25, 0.3) is 0 Å². The van der Waals surface area contributed by atoms with Crippen LogP contribution in [0.15, 0.2) is 53.4 Å². The zero-order valence-electron chi connectivity index (χ0n) is 13.1. The summed E-state index contributed by atoms with van der Waals surface area (Å²) in [6, 6.07) is 14.4. The fourth-order valence-corrected chi connectivity index (χ4v) is 4.04. The van der Waals surface area contributed by atoms with Gasteiger partial charge in [-0.15, -0.1) is 0 Å². The van der Waals surface area contributed by atoms with Crippen LogP contribution in [0.25, 0.3) is 0 Å². The van der Waals surface area contributed by atoms with Crippen molar-refractivity contribution in [1.29, 1.82) is 0 Å². The minimum absolute atomic E-state index is 0.186. The van der Waals surface area contributed by atoms with Crippen LogP contribution in [0, 0.1) is 0 Å². The first-order valence-electron chi connectivity index (χ1n) is 7.62. The predicted octanol–water partition coefficient (Wildman–Crippen LogP) is 2.17. The van der Waals surface area contributed by atoms with Gasteiger partial charge in [0.15, 0.2) is 0 Å². The molecule has 0 bridgehead atoms. The van der Waals surface area contributed by atoms with Crippen molar-refractivity contribution >= 4 is 21.4 Å². The second kappa shape index (κ2) is 6.22. The molecule has 0 saturated carbocycles. The molecule has 23 heavy (non-hydrogen) atoms. The number of benzene rings is 2. The van der Waals surface area contributed by atoms with E-state index in [2.05, 4.69) is 28.8 Å². The van der Waals surface area contributed by atoms with Crippen molar-refractivity contribution in [2.75, 3.05) is 30.8 Å². The second-order valence-electron chi connectivity index (χ2n) is 5.89. The summed E-state index contributed by atoms with van der Waals surface area (Å²) < 4.78 is 27.5. The van der Waals surface area contributed by atoms with Crippen LogP contribution < -0.4 is 15.4 Å². The number of sulfonamides is 1.